The van der Waals surface area contributed by atoms with E-state index in [-0.39, 0.29) is 25.6 Å². The van der Waals surface area contributed by atoms with E-state index >= 15 is 0 Å². The molecule has 2 unspecified atom stereocenters. The van der Waals surface area contributed by atoms with Crippen LogP contribution in [0.25, 0.3) is 0 Å². The van der Waals surface area contributed by atoms with Gasteiger partial charge in [0.15, 0.2) is 0 Å². The van der Waals surface area contributed by atoms with Crippen molar-refractivity contribution in [2.75, 3.05) is 19.6 Å². The van der Waals surface area contributed by atoms with Crippen molar-refractivity contribution >= 4 is 29.8 Å². The third-order valence-corrected chi connectivity index (χ3v) is 2.57. The Morgan fingerprint density at radius 1 is 0.625 bits per heavy atom. The molecule has 0 spiro atoms. The molecular formula is C17H39N5O10. The summed E-state index contributed by atoms with van der Waals surface area (Å²) in [7, 11) is 0. The predicted molar refractivity (Wildman–Crippen MR) is 116 cm³/mol. The van der Waals surface area contributed by atoms with Crippen LogP contribution in [0.15, 0.2) is 0 Å². The molecule has 15 heteroatoms. The number of hydrogen-bond acceptors (Lipinski definition) is 10. The van der Waals surface area contributed by atoms with Gasteiger partial charge in [-0.3, -0.25) is 24.0 Å². The largest absolute Gasteiger partial charge is 0.480 e. The van der Waals surface area contributed by atoms with E-state index in [1.54, 1.807) is 13.8 Å². The van der Waals surface area contributed by atoms with Crippen LogP contribution in [0.2, 0.25) is 0 Å². The molecule has 2 atom stereocenters. The molecule has 192 valence electrons. The lowest BCUT2D eigenvalue weighted by Gasteiger charge is -2.07. The smallest absolute Gasteiger partial charge is 0.320 e. The SMILES string of the molecule is CC(C)C(N)C(=O)O.CC(C)CC(N)C(=O)O.NCC(=O)O.NCC(=O)O.NCC(=O)O. The summed E-state index contributed by atoms with van der Waals surface area (Å²) in [4.78, 5) is 47.9. The van der Waals surface area contributed by atoms with Crippen LogP contribution in [0.1, 0.15) is 34.1 Å². The van der Waals surface area contributed by atoms with Gasteiger partial charge in [0.25, 0.3) is 0 Å². The van der Waals surface area contributed by atoms with E-state index in [4.69, 9.17) is 37.0 Å². The zero-order chi connectivity index (χ0) is 27.0. The van der Waals surface area contributed by atoms with E-state index in [1.165, 1.54) is 0 Å². The monoisotopic (exact) mass is 473 g/mol. The summed E-state index contributed by atoms with van der Waals surface area (Å²) in [6.45, 7) is 6.61. The summed E-state index contributed by atoms with van der Waals surface area (Å²) < 4.78 is 0. The minimum Gasteiger partial charge on any atom is -0.480 e. The van der Waals surface area contributed by atoms with Crippen molar-refractivity contribution in [2.45, 2.75) is 46.2 Å². The van der Waals surface area contributed by atoms with E-state index in [0.717, 1.165) is 0 Å². The molecule has 0 saturated carbocycles. The van der Waals surface area contributed by atoms with Crippen LogP contribution in [0.4, 0.5) is 0 Å². The van der Waals surface area contributed by atoms with Gasteiger partial charge < -0.3 is 54.2 Å². The Kier molecular flexibility index (Phi) is 32.4. The third-order valence-electron chi connectivity index (χ3n) is 2.57. The predicted octanol–water partition coefficient (Wildman–Crippen LogP) is -2.41. The summed E-state index contributed by atoms with van der Waals surface area (Å²) in [5, 5.41) is 39.3. The summed E-state index contributed by atoms with van der Waals surface area (Å²) in [5.41, 5.74) is 24.1. The molecular weight excluding hydrogens is 434 g/mol. The Hall–Kier alpha value is -2.85. The maximum absolute atomic E-state index is 10.1. The molecule has 0 aromatic carbocycles. The van der Waals surface area contributed by atoms with Gasteiger partial charge in [-0.1, -0.05) is 27.7 Å². The average molecular weight is 474 g/mol. The van der Waals surface area contributed by atoms with Gasteiger partial charge in [0.05, 0.1) is 19.6 Å². The normalized spacial score (nSPS) is 10.8. The zero-order valence-corrected chi connectivity index (χ0v) is 18.8. The van der Waals surface area contributed by atoms with Crippen LogP contribution < -0.4 is 28.7 Å². The highest BCUT2D eigenvalue weighted by atomic mass is 16.4. The van der Waals surface area contributed by atoms with Crippen LogP contribution in [0.5, 0.6) is 0 Å². The Balaban J connectivity index is -0.0000000976. The molecule has 32 heavy (non-hydrogen) atoms. The maximum Gasteiger partial charge on any atom is 0.320 e. The lowest BCUT2D eigenvalue weighted by molar-refractivity contribution is -0.140. The molecule has 0 aromatic rings. The highest BCUT2D eigenvalue weighted by molar-refractivity contribution is 5.73. The second kappa shape index (κ2) is 26.2. The fourth-order valence-corrected chi connectivity index (χ4v) is 0.894. The lowest BCUT2D eigenvalue weighted by atomic mass is 10.1. The minimum atomic E-state index is -0.968. The van der Waals surface area contributed by atoms with Gasteiger partial charge in [-0.15, -0.1) is 0 Å². The second-order valence-electron chi connectivity index (χ2n) is 6.48. The summed E-state index contributed by atoms with van der Waals surface area (Å²) in [6.07, 6.45) is 0.551. The molecule has 0 heterocycles. The van der Waals surface area contributed by atoms with Crippen molar-refractivity contribution in [1.29, 1.82) is 0 Å². The molecule has 0 rings (SSSR count). The molecule has 0 bridgehead atoms. The highest BCUT2D eigenvalue weighted by Crippen LogP contribution is 2.01. The van der Waals surface area contributed by atoms with Gasteiger partial charge >= 0.3 is 29.8 Å². The van der Waals surface area contributed by atoms with Crippen molar-refractivity contribution in [3.63, 3.8) is 0 Å². The van der Waals surface area contributed by atoms with Crippen molar-refractivity contribution in [2.24, 2.45) is 40.5 Å². The summed E-state index contributed by atoms with van der Waals surface area (Å²) in [5.74, 6) is -4.37. The molecule has 0 aliphatic heterocycles. The van der Waals surface area contributed by atoms with Crippen molar-refractivity contribution < 1.29 is 49.5 Å². The number of aliphatic carboxylic acids is 5. The highest BCUT2D eigenvalue weighted by Gasteiger charge is 2.14. The molecule has 15 N–H and O–H groups in total. The van der Waals surface area contributed by atoms with E-state index in [0.29, 0.717) is 12.3 Å². The van der Waals surface area contributed by atoms with Gasteiger partial charge in [0.2, 0.25) is 0 Å². The quantitative estimate of drug-likeness (QED) is 0.175. The standard InChI is InChI=1S/C6H13NO2.C5H11NO2.3C2H5NO2/c1-4(2)3-5(7)6(8)9;1-3(2)4(6)5(7)8;3*3-1-2(4)5/h4-5H,3,7H2,1-2H3,(H,8,9);3-4H,6H2,1-2H3,(H,7,8);3*1,3H2,(H,4,5). The number of rotatable bonds is 8. The van der Waals surface area contributed by atoms with Crippen molar-refractivity contribution in [3.8, 4) is 0 Å². The first kappa shape index (κ1) is 39.6. The van der Waals surface area contributed by atoms with E-state index in [9.17, 15) is 24.0 Å². The topological polar surface area (TPSA) is 317 Å². The Bertz CT molecular complexity index is 497. The number of carboxylic acids is 5. The van der Waals surface area contributed by atoms with Crippen LogP contribution in [0.3, 0.4) is 0 Å². The van der Waals surface area contributed by atoms with Crippen LogP contribution >= 0.6 is 0 Å². The fraction of sp³-hybridized carbons (Fsp3) is 0.706. The third kappa shape index (κ3) is 50.6. The summed E-state index contributed by atoms with van der Waals surface area (Å²) >= 11 is 0. The van der Waals surface area contributed by atoms with E-state index in [1.807, 2.05) is 13.8 Å². The van der Waals surface area contributed by atoms with Gasteiger partial charge in [0.1, 0.15) is 12.1 Å². The van der Waals surface area contributed by atoms with Gasteiger partial charge in [0, 0.05) is 0 Å². The van der Waals surface area contributed by atoms with Crippen molar-refractivity contribution in [1.82, 2.24) is 0 Å². The first-order valence-corrected chi connectivity index (χ1v) is 9.13. The van der Waals surface area contributed by atoms with Crippen LogP contribution in [-0.4, -0.2) is 87.1 Å². The van der Waals surface area contributed by atoms with Gasteiger partial charge in [-0.2, -0.15) is 0 Å². The van der Waals surface area contributed by atoms with E-state index < -0.39 is 41.9 Å². The van der Waals surface area contributed by atoms with E-state index in [2.05, 4.69) is 17.2 Å². The Morgan fingerprint density at radius 2 is 0.875 bits per heavy atom. The number of carboxylic acid groups (broad SMARTS) is 5. The first-order chi connectivity index (χ1) is 14.4. The average Bonchev–Trinajstić information content (AvgIpc) is 2.68. The Labute approximate surface area is 186 Å². The molecule has 15 nitrogen and oxygen atoms in total. The number of nitrogens with two attached hydrogens (primary N) is 5. The number of hydrogen-bond donors (Lipinski definition) is 10. The number of carbonyl (C=O) groups is 5. The lowest BCUT2D eigenvalue weighted by Crippen LogP contribution is -2.34. The first-order valence-electron chi connectivity index (χ1n) is 9.13. The molecule has 0 amide bonds. The van der Waals surface area contributed by atoms with Crippen LogP contribution in [-0.2, 0) is 24.0 Å². The maximum atomic E-state index is 10.1. The summed E-state index contributed by atoms with van der Waals surface area (Å²) in [6, 6.07) is -1.40. The zero-order valence-electron chi connectivity index (χ0n) is 18.8. The molecule has 0 fully saturated rings. The molecule has 0 aliphatic carbocycles. The second-order valence-corrected chi connectivity index (χ2v) is 6.48. The van der Waals surface area contributed by atoms with Crippen molar-refractivity contribution in [3.05, 3.63) is 0 Å². The van der Waals surface area contributed by atoms with Crippen LogP contribution in [0, 0.1) is 11.8 Å². The Morgan fingerprint density at radius 3 is 0.906 bits per heavy atom. The molecule has 0 aromatic heterocycles. The van der Waals surface area contributed by atoms with Gasteiger partial charge in [-0.25, -0.2) is 0 Å². The molecule has 0 aliphatic rings. The minimum absolute atomic E-state index is 0.0208. The molecule has 0 radical (unpaired) electrons. The fourth-order valence-electron chi connectivity index (χ4n) is 0.894. The van der Waals surface area contributed by atoms with Gasteiger partial charge in [-0.05, 0) is 18.3 Å². The molecule has 0 saturated heterocycles.